The first-order valence-electron chi connectivity index (χ1n) is 4.82. The van der Waals surface area contributed by atoms with Gasteiger partial charge in [-0.25, -0.2) is 17.8 Å². The molecule has 0 radical (unpaired) electrons. The maximum Gasteiger partial charge on any atom is 0.267 e. The first-order valence-corrected chi connectivity index (χ1v) is 6.69. The summed E-state index contributed by atoms with van der Waals surface area (Å²) in [5.41, 5.74) is 5.69. The van der Waals surface area contributed by atoms with E-state index in [0.29, 0.717) is 0 Å². The molecule has 1 aromatic heterocycles. The highest BCUT2D eigenvalue weighted by molar-refractivity contribution is 7.93. The number of rotatable bonds is 3. The van der Waals surface area contributed by atoms with Crippen LogP contribution >= 0.6 is 11.6 Å². The SMILES string of the molecule is Cn1ncnc1NS(=O)(=O)c1c(N)cccc1Cl. The Balaban J connectivity index is 2.47. The second kappa shape index (κ2) is 4.46. The van der Waals surface area contributed by atoms with Crippen LogP contribution in [0.1, 0.15) is 0 Å². The Morgan fingerprint density at radius 3 is 2.72 bits per heavy atom. The van der Waals surface area contributed by atoms with Gasteiger partial charge in [-0.1, -0.05) is 17.7 Å². The van der Waals surface area contributed by atoms with Crippen LogP contribution in [-0.4, -0.2) is 23.2 Å². The molecule has 0 aliphatic heterocycles. The molecule has 96 valence electrons. The average Bonchev–Trinajstić information content (AvgIpc) is 2.63. The van der Waals surface area contributed by atoms with Gasteiger partial charge in [-0.3, -0.25) is 0 Å². The van der Waals surface area contributed by atoms with Crippen molar-refractivity contribution in [1.29, 1.82) is 0 Å². The third-order valence-electron chi connectivity index (χ3n) is 2.20. The van der Waals surface area contributed by atoms with E-state index in [2.05, 4.69) is 14.8 Å². The normalized spacial score (nSPS) is 11.4. The smallest absolute Gasteiger partial charge is 0.267 e. The number of benzene rings is 1. The number of hydrogen-bond donors (Lipinski definition) is 2. The molecule has 0 saturated carbocycles. The average molecular weight is 288 g/mol. The Labute approximate surface area is 109 Å². The number of nitrogens with zero attached hydrogens (tertiary/aromatic N) is 3. The molecule has 0 aliphatic carbocycles. The number of nitrogen functional groups attached to an aromatic ring is 1. The first-order chi connectivity index (χ1) is 8.42. The third-order valence-corrected chi connectivity index (χ3v) is 4.07. The Morgan fingerprint density at radius 1 is 1.44 bits per heavy atom. The third kappa shape index (κ3) is 2.24. The summed E-state index contributed by atoms with van der Waals surface area (Å²) in [6.07, 6.45) is 1.23. The molecule has 0 unspecified atom stereocenters. The molecule has 0 aliphatic rings. The topological polar surface area (TPSA) is 103 Å². The fraction of sp³-hybridized carbons (Fsp3) is 0.111. The summed E-state index contributed by atoms with van der Waals surface area (Å²) >= 11 is 5.85. The van der Waals surface area contributed by atoms with Gasteiger partial charge in [0.05, 0.1) is 10.7 Å². The number of halogens is 1. The summed E-state index contributed by atoms with van der Waals surface area (Å²) in [6.45, 7) is 0. The number of nitrogens with one attached hydrogen (secondary N) is 1. The van der Waals surface area contributed by atoms with Crippen LogP contribution in [0.3, 0.4) is 0 Å². The van der Waals surface area contributed by atoms with Crippen LogP contribution in [0, 0.1) is 0 Å². The highest BCUT2D eigenvalue weighted by Crippen LogP contribution is 2.28. The van der Waals surface area contributed by atoms with Crippen LogP contribution in [0.5, 0.6) is 0 Å². The van der Waals surface area contributed by atoms with Gasteiger partial charge in [0, 0.05) is 7.05 Å². The largest absolute Gasteiger partial charge is 0.398 e. The lowest BCUT2D eigenvalue weighted by Gasteiger charge is -2.10. The lowest BCUT2D eigenvalue weighted by molar-refractivity contribution is 0.600. The van der Waals surface area contributed by atoms with Crippen LogP contribution in [0.15, 0.2) is 29.4 Å². The molecule has 0 fully saturated rings. The Bertz CT molecular complexity index is 662. The standard InChI is InChI=1S/C9H10ClN5O2S/c1-15-9(12-5-13-15)14-18(16,17)8-6(10)3-2-4-7(8)11/h2-5H,11H2,1H3,(H,12,13,14). The molecule has 9 heteroatoms. The van der Waals surface area contributed by atoms with E-state index in [4.69, 9.17) is 17.3 Å². The van der Waals surface area contributed by atoms with Crippen LogP contribution in [0.4, 0.5) is 11.6 Å². The van der Waals surface area contributed by atoms with E-state index < -0.39 is 10.0 Å². The molecule has 18 heavy (non-hydrogen) atoms. The molecular formula is C9H10ClN5O2S. The van der Waals surface area contributed by atoms with Crippen molar-refractivity contribution in [2.24, 2.45) is 7.05 Å². The second-order valence-corrected chi connectivity index (χ2v) is 5.50. The molecule has 2 aromatic rings. The summed E-state index contributed by atoms with van der Waals surface area (Å²) < 4.78 is 27.8. The second-order valence-electron chi connectivity index (χ2n) is 3.47. The van der Waals surface area contributed by atoms with Crippen molar-refractivity contribution in [3.63, 3.8) is 0 Å². The monoisotopic (exact) mass is 287 g/mol. The molecule has 0 saturated heterocycles. The van der Waals surface area contributed by atoms with Crippen molar-refractivity contribution in [3.8, 4) is 0 Å². The van der Waals surface area contributed by atoms with Crippen molar-refractivity contribution in [2.45, 2.75) is 4.90 Å². The minimum atomic E-state index is -3.90. The zero-order valence-corrected chi connectivity index (χ0v) is 10.9. The van der Waals surface area contributed by atoms with E-state index in [9.17, 15) is 8.42 Å². The molecule has 7 nitrogen and oxygen atoms in total. The van der Waals surface area contributed by atoms with Crippen molar-refractivity contribution in [1.82, 2.24) is 14.8 Å². The van der Waals surface area contributed by atoms with Gasteiger partial charge in [-0.2, -0.15) is 10.1 Å². The molecule has 1 heterocycles. The van der Waals surface area contributed by atoms with Crippen molar-refractivity contribution >= 4 is 33.3 Å². The van der Waals surface area contributed by atoms with Gasteiger partial charge >= 0.3 is 0 Å². The number of sulfonamides is 1. The maximum atomic E-state index is 12.1. The Morgan fingerprint density at radius 2 is 2.17 bits per heavy atom. The van der Waals surface area contributed by atoms with Gasteiger partial charge in [0.15, 0.2) is 0 Å². The van der Waals surface area contributed by atoms with Gasteiger partial charge in [0.2, 0.25) is 5.95 Å². The summed E-state index contributed by atoms with van der Waals surface area (Å²) in [5.74, 6) is 0.0781. The molecule has 0 bridgehead atoms. The van der Waals surface area contributed by atoms with E-state index in [0.717, 1.165) is 0 Å². The number of anilines is 2. The van der Waals surface area contributed by atoms with Crippen LogP contribution < -0.4 is 10.5 Å². The Hall–Kier alpha value is -1.80. The van der Waals surface area contributed by atoms with E-state index in [1.165, 1.54) is 23.1 Å². The van der Waals surface area contributed by atoms with E-state index in [1.54, 1.807) is 13.1 Å². The maximum absolute atomic E-state index is 12.1. The predicted molar refractivity (Wildman–Crippen MR) is 67.7 cm³/mol. The zero-order valence-electron chi connectivity index (χ0n) is 9.33. The molecule has 0 spiro atoms. The predicted octanol–water partition coefficient (Wildman–Crippen LogP) is 0.851. The summed E-state index contributed by atoms with van der Waals surface area (Å²) in [5, 5.41) is 3.80. The summed E-state index contributed by atoms with van der Waals surface area (Å²) in [6, 6.07) is 4.47. The van der Waals surface area contributed by atoms with Gasteiger partial charge in [0.25, 0.3) is 10.0 Å². The van der Waals surface area contributed by atoms with Gasteiger partial charge in [0.1, 0.15) is 11.2 Å². The van der Waals surface area contributed by atoms with Crippen molar-refractivity contribution < 1.29 is 8.42 Å². The van der Waals surface area contributed by atoms with Crippen LogP contribution in [-0.2, 0) is 17.1 Å². The lowest BCUT2D eigenvalue weighted by atomic mass is 10.3. The van der Waals surface area contributed by atoms with E-state index in [1.807, 2.05) is 0 Å². The molecule has 0 atom stereocenters. The number of nitrogens with two attached hydrogens (primary N) is 1. The summed E-state index contributed by atoms with van der Waals surface area (Å²) in [4.78, 5) is 3.59. The summed E-state index contributed by atoms with van der Waals surface area (Å²) in [7, 11) is -2.34. The fourth-order valence-electron chi connectivity index (χ4n) is 1.37. The zero-order chi connectivity index (χ0) is 13.3. The lowest BCUT2D eigenvalue weighted by Crippen LogP contribution is -2.18. The molecule has 2 rings (SSSR count). The molecule has 3 N–H and O–H groups in total. The molecular weight excluding hydrogens is 278 g/mol. The van der Waals surface area contributed by atoms with Gasteiger partial charge in [-0.15, -0.1) is 0 Å². The minimum Gasteiger partial charge on any atom is -0.398 e. The van der Waals surface area contributed by atoms with Crippen LogP contribution in [0.25, 0.3) is 0 Å². The molecule has 0 amide bonds. The quantitative estimate of drug-likeness (QED) is 0.815. The Kier molecular flexibility index (Phi) is 3.14. The minimum absolute atomic E-state index is 0.0460. The van der Waals surface area contributed by atoms with E-state index >= 15 is 0 Å². The highest BCUT2D eigenvalue weighted by Gasteiger charge is 2.22. The number of aromatic nitrogens is 3. The fourth-order valence-corrected chi connectivity index (χ4v) is 3.09. The van der Waals surface area contributed by atoms with Crippen molar-refractivity contribution in [3.05, 3.63) is 29.5 Å². The number of aryl methyl sites for hydroxylation is 1. The van der Waals surface area contributed by atoms with Crippen molar-refractivity contribution in [2.75, 3.05) is 10.5 Å². The number of hydrogen-bond acceptors (Lipinski definition) is 5. The van der Waals surface area contributed by atoms with Gasteiger partial charge < -0.3 is 5.73 Å². The van der Waals surface area contributed by atoms with Crippen LogP contribution in [0.2, 0.25) is 5.02 Å². The van der Waals surface area contributed by atoms with E-state index in [-0.39, 0.29) is 21.6 Å². The first kappa shape index (κ1) is 12.7. The molecule has 1 aromatic carbocycles. The van der Waals surface area contributed by atoms with Gasteiger partial charge in [-0.05, 0) is 12.1 Å². The highest BCUT2D eigenvalue weighted by atomic mass is 35.5.